The van der Waals surface area contributed by atoms with E-state index >= 15 is 0 Å². The van der Waals surface area contributed by atoms with Crippen LogP contribution in [0.4, 0.5) is 4.39 Å². The Labute approximate surface area is 115 Å². The molecule has 0 bridgehead atoms. The van der Waals surface area contributed by atoms with E-state index in [4.69, 9.17) is 28.9 Å². The lowest BCUT2D eigenvalue weighted by atomic mass is 10.0. The normalized spacial score (nSPS) is 13.3. The molecule has 6 heteroatoms. The smallest absolute Gasteiger partial charge is 0.239 e. The molecule has 0 heterocycles. The molecule has 0 spiro atoms. The maximum Gasteiger partial charge on any atom is 0.239 e. The lowest BCUT2D eigenvalue weighted by Crippen LogP contribution is -2.49. The van der Waals surface area contributed by atoms with Crippen LogP contribution in [-0.4, -0.2) is 11.4 Å². The van der Waals surface area contributed by atoms with Gasteiger partial charge in [0.2, 0.25) is 5.91 Å². The summed E-state index contributed by atoms with van der Waals surface area (Å²) >= 11 is 11.8. The van der Waals surface area contributed by atoms with E-state index in [1.807, 2.05) is 0 Å². The van der Waals surface area contributed by atoms with Crippen LogP contribution in [0.1, 0.15) is 32.4 Å². The molecule has 1 rings (SSSR count). The van der Waals surface area contributed by atoms with E-state index in [2.05, 4.69) is 5.32 Å². The number of nitrogens with one attached hydrogen (secondary N) is 1. The number of benzene rings is 1. The van der Waals surface area contributed by atoms with Gasteiger partial charge in [0.1, 0.15) is 5.82 Å². The van der Waals surface area contributed by atoms with Crippen LogP contribution in [0.15, 0.2) is 12.1 Å². The molecule has 0 aliphatic carbocycles. The maximum atomic E-state index is 13.4. The highest BCUT2D eigenvalue weighted by Crippen LogP contribution is 2.32. The van der Waals surface area contributed by atoms with Gasteiger partial charge in [0.25, 0.3) is 0 Å². The number of nitrogens with two attached hydrogens (primary N) is 1. The minimum Gasteiger partial charge on any atom is -0.348 e. The second-order valence-corrected chi connectivity index (χ2v) is 5.46. The summed E-state index contributed by atoms with van der Waals surface area (Å²) in [4.78, 5) is 11.7. The predicted octanol–water partition coefficient (Wildman–Crippen LogP) is 3.05. The Morgan fingerprint density at radius 2 is 2.00 bits per heavy atom. The van der Waals surface area contributed by atoms with Gasteiger partial charge in [0.05, 0.1) is 16.6 Å². The molecular formula is C12H15Cl2FN2O. The second kappa shape index (κ2) is 5.43. The number of amides is 1. The lowest BCUT2D eigenvalue weighted by Gasteiger charge is -2.23. The van der Waals surface area contributed by atoms with Crippen LogP contribution in [-0.2, 0) is 4.79 Å². The van der Waals surface area contributed by atoms with Crippen molar-refractivity contribution < 1.29 is 9.18 Å². The summed E-state index contributed by atoms with van der Waals surface area (Å²) in [7, 11) is 0. The van der Waals surface area contributed by atoms with Gasteiger partial charge in [-0.3, -0.25) is 4.79 Å². The Kier molecular flexibility index (Phi) is 4.59. The molecule has 3 N–H and O–H groups in total. The van der Waals surface area contributed by atoms with Crippen molar-refractivity contribution >= 4 is 29.1 Å². The third-order valence-electron chi connectivity index (χ3n) is 2.45. The number of hydrogen-bond acceptors (Lipinski definition) is 2. The van der Waals surface area contributed by atoms with Crippen molar-refractivity contribution in [3.63, 3.8) is 0 Å². The summed E-state index contributed by atoms with van der Waals surface area (Å²) in [6.07, 6.45) is 0. The van der Waals surface area contributed by atoms with Gasteiger partial charge in [-0.05, 0) is 32.9 Å². The topological polar surface area (TPSA) is 55.1 Å². The number of carbonyl (C=O) groups excluding carboxylic acids is 1. The predicted molar refractivity (Wildman–Crippen MR) is 71.2 cm³/mol. The first-order valence-corrected chi connectivity index (χ1v) is 6.13. The SMILES string of the molecule is CC(NC(=O)C(C)(C)N)c1c(Cl)ccc(F)c1Cl. The lowest BCUT2D eigenvalue weighted by molar-refractivity contribution is -0.125. The van der Waals surface area contributed by atoms with Gasteiger partial charge in [-0.1, -0.05) is 23.2 Å². The summed E-state index contributed by atoms with van der Waals surface area (Å²) in [6.45, 7) is 4.81. The largest absolute Gasteiger partial charge is 0.348 e. The highest BCUT2D eigenvalue weighted by atomic mass is 35.5. The fourth-order valence-corrected chi connectivity index (χ4v) is 2.09. The maximum absolute atomic E-state index is 13.4. The molecule has 0 fully saturated rings. The van der Waals surface area contributed by atoms with Gasteiger partial charge >= 0.3 is 0 Å². The van der Waals surface area contributed by atoms with Crippen LogP contribution in [0.3, 0.4) is 0 Å². The fraction of sp³-hybridized carbons (Fsp3) is 0.417. The molecule has 1 unspecified atom stereocenters. The Balaban J connectivity index is 3.02. The molecule has 3 nitrogen and oxygen atoms in total. The third-order valence-corrected chi connectivity index (χ3v) is 3.16. The van der Waals surface area contributed by atoms with Crippen LogP contribution in [0, 0.1) is 5.82 Å². The molecule has 0 aliphatic rings. The van der Waals surface area contributed by atoms with Crippen molar-refractivity contribution in [1.82, 2.24) is 5.32 Å². The summed E-state index contributed by atoms with van der Waals surface area (Å²) in [5.74, 6) is -0.949. The first-order chi connectivity index (χ1) is 8.14. The van der Waals surface area contributed by atoms with E-state index in [0.29, 0.717) is 10.6 Å². The van der Waals surface area contributed by atoms with Crippen molar-refractivity contribution in [3.05, 3.63) is 33.6 Å². The van der Waals surface area contributed by atoms with Crippen LogP contribution in [0.2, 0.25) is 10.0 Å². The number of carbonyl (C=O) groups is 1. The first kappa shape index (κ1) is 15.2. The molecule has 18 heavy (non-hydrogen) atoms. The zero-order valence-corrected chi connectivity index (χ0v) is 11.9. The van der Waals surface area contributed by atoms with Gasteiger partial charge in [-0.2, -0.15) is 0 Å². The molecule has 0 radical (unpaired) electrons. The minimum atomic E-state index is -1.03. The molecule has 1 amide bonds. The highest BCUT2D eigenvalue weighted by molar-refractivity contribution is 6.36. The van der Waals surface area contributed by atoms with E-state index < -0.39 is 17.4 Å². The van der Waals surface area contributed by atoms with Gasteiger partial charge in [-0.15, -0.1) is 0 Å². The summed E-state index contributed by atoms with van der Waals surface area (Å²) < 4.78 is 13.4. The van der Waals surface area contributed by atoms with Gasteiger partial charge < -0.3 is 11.1 Å². The van der Waals surface area contributed by atoms with Gasteiger partial charge in [0.15, 0.2) is 0 Å². The Morgan fingerprint density at radius 1 is 1.44 bits per heavy atom. The molecule has 1 atom stereocenters. The van der Waals surface area contributed by atoms with E-state index in [9.17, 15) is 9.18 Å². The second-order valence-electron chi connectivity index (χ2n) is 4.67. The molecule has 1 aromatic carbocycles. The zero-order valence-electron chi connectivity index (χ0n) is 10.4. The Morgan fingerprint density at radius 3 is 2.50 bits per heavy atom. The van der Waals surface area contributed by atoms with Crippen LogP contribution >= 0.6 is 23.2 Å². The van der Waals surface area contributed by atoms with E-state index in [0.717, 1.165) is 0 Å². The first-order valence-electron chi connectivity index (χ1n) is 5.38. The van der Waals surface area contributed by atoms with Crippen LogP contribution < -0.4 is 11.1 Å². The average molecular weight is 293 g/mol. The van der Waals surface area contributed by atoms with E-state index in [1.54, 1.807) is 20.8 Å². The highest BCUT2D eigenvalue weighted by Gasteiger charge is 2.25. The van der Waals surface area contributed by atoms with Gasteiger partial charge in [0, 0.05) is 10.6 Å². The summed E-state index contributed by atoms with van der Waals surface area (Å²) in [5, 5.41) is 2.85. The molecule has 0 saturated carbocycles. The minimum absolute atomic E-state index is 0.0925. The molecule has 100 valence electrons. The van der Waals surface area contributed by atoms with E-state index in [1.165, 1.54) is 12.1 Å². The van der Waals surface area contributed by atoms with Crippen LogP contribution in [0.5, 0.6) is 0 Å². The van der Waals surface area contributed by atoms with Crippen molar-refractivity contribution in [1.29, 1.82) is 0 Å². The van der Waals surface area contributed by atoms with Crippen molar-refractivity contribution in [2.75, 3.05) is 0 Å². The summed E-state index contributed by atoms with van der Waals surface area (Å²) in [5.41, 5.74) is 4.98. The van der Waals surface area contributed by atoms with Crippen molar-refractivity contribution in [3.8, 4) is 0 Å². The molecule has 0 aromatic heterocycles. The third kappa shape index (κ3) is 3.34. The quantitative estimate of drug-likeness (QED) is 0.842. The van der Waals surface area contributed by atoms with Crippen molar-refractivity contribution in [2.45, 2.75) is 32.4 Å². The fourth-order valence-electron chi connectivity index (χ4n) is 1.39. The molecule has 0 aliphatic heterocycles. The van der Waals surface area contributed by atoms with Crippen molar-refractivity contribution in [2.24, 2.45) is 5.73 Å². The number of hydrogen-bond donors (Lipinski definition) is 2. The van der Waals surface area contributed by atoms with E-state index in [-0.39, 0.29) is 10.9 Å². The Bertz CT molecular complexity index is 472. The Hall–Kier alpha value is -0.840. The van der Waals surface area contributed by atoms with Gasteiger partial charge in [-0.25, -0.2) is 4.39 Å². The molecule has 1 aromatic rings. The summed E-state index contributed by atoms with van der Waals surface area (Å²) in [6, 6.07) is 2.04. The number of rotatable bonds is 3. The standard InChI is InChI=1S/C12H15Cl2FN2O/c1-6(17-11(18)12(2,3)16)9-7(13)4-5-8(15)10(9)14/h4-6H,16H2,1-3H3,(H,17,18). The monoisotopic (exact) mass is 292 g/mol. The molecular weight excluding hydrogens is 278 g/mol. The number of halogens is 3. The average Bonchev–Trinajstić information content (AvgIpc) is 2.22. The molecule has 0 saturated heterocycles. The zero-order chi connectivity index (χ0) is 14.1. The van der Waals surface area contributed by atoms with Crippen LogP contribution in [0.25, 0.3) is 0 Å².